The van der Waals surface area contributed by atoms with Crippen molar-refractivity contribution >= 4 is 89.9 Å². The van der Waals surface area contributed by atoms with Gasteiger partial charge in [-0.2, -0.15) is 0 Å². The number of nitrogens with zero attached hydrogens (tertiary/aromatic N) is 2. The van der Waals surface area contributed by atoms with Gasteiger partial charge < -0.3 is 29.4 Å². The average molecular weight is 859 g/mol. The van der Waals surface area contributed by atoms with E-state index >= 15 is 0 Å². The minimum atomic E-state index is -3.92. The van der Waals surface area contributed by atoms with Crippen molar-refractivity contribution in [3.63, 3.8) is 0 Å². The molecule has 7 rings (SSSR count). The second-order valence-electron chi connectivity index (χ2n) is 18.1. The Morgan fingerprint density at radius 2 is 1.62 bits per heavy atom. The average Bonchev–Trinajstić information content (AvgIpc) is 4.02. The highest BCUT2D eigenvalue weighted by atomic mass is 35.5. The highest BCUT2D eigenvalue weighted by Crippen LogP contribution is 2.49. The standard InChI is InChI=1S/C41H49Cl2N5O9S/c1-20(2)28-18-41(28,37(51)47-58(53,54)24-11-12-24)46-34(49)29-17-23(19-48(29)36(50)33(39(3,4)5)45-38(52)57-40(6,7)8)55-35-26-15-21(42)9-13-25(26)32-31(44-35)27-16-22(43)10-14-30(27)56-32/h9-10,13-16,20,23-24,28-29,33H,11-12,17-19H2,1-8H3,(H,45,52)(H,46,49)(H,47,51)/t23-,28+,29+,33-,41-/m1/s1. The van der Waals surface area contributed by atoms with Crippen molar-refractivity contribution < 1.29 is 41.5 Å². The number of halogens is 2. The van der Waals surface area contributed by atoms with Crippen LogP contribution in [0.1, 0.15) is 81.1 Å². The van der Waals surface area contributed by atoms with Crippen molar-refractivity contribution in [2.45, 2.75) is 116 Å². The zero-order chi connectivity index (χ0) is 42.3. The molecule has 58 heavy (non-hydrogen) atoms. The van der Waals surface area contributed by atoms with Crippen molar-refractivity contribution in [3.8, 4) is 5.88 Å². The van der Waals surface area contributed by atoms with Gasteiger partial charge in [-0.15, -0.1) is 0 Å². The fourth-order valence-electron chi connectivity index (χ4n) is 7.81. The van der Waals surface area contributed by atoms with E-state index in [0.29, 0.717) is 55.7 Å². The zero-order valence-electron chi connectivity index (χ0n) is 33.7. The highest BCUT2D eigenvalue weighted by Gasteiger charge is 2.64. The molecule has 0 radical (unpaired) electrons. The summed E-state index contributed by atoms with van der Waals surface area (Å²) in [6, 6.07) is 8.06. The van der Waals surface area contributed by atoms with E-state index in [1.807, 2.05) is 13.8 Å². The van der Waals surface area contributed by atoms with Crippen LogP contribution in [0.3, 0.4) is 0 Å². The number of ether oxygens (including phenoxy) is 2. The molecule has 1 aliphatic heterocycles. The molecule has 2 saturated carbocycles. The molecule has 4 amide bonds. The molecule has 1 saturated heterocycles. The van der Waals surface area contributed by atoms with E-state index in [9.17, 15) is 27.6 Å². The number of hydrogen-bond donors (Lipinski definition) is 3. The smallest absolute Gasteiger partial charge is 0.408 e. The lowest BCUT2D eigenvalue weighted by molar-refractivity contribution is -0.143. The summed E-state index contributed by atoms with van der Waals surface area (Å²) in [5, 5.41) is 7.70. The Morgan fingerprint density at radius 3 is 2.22 bits per heavy atom. The van der Waals surface area contributed by atoms with Crippen molar-refractivity contribution in [2.24, 2.45) is 17.3 Å². The predicted octanol–water partition coefficient (Wildman–Crippen LogP) is 6.87. The molecule has 2 aromatic heterocycles. The van der Waals surface area contributed by atoms with Gasteiger partial charge in [0.15, 0.2) is 5.58 Å². The first kappa shape index (κ1) is 41.8. The van der Waals surface area contributed by atoms with Gasteiger partial charge in [-0.3, -0.25) is 19.1 Å². The largest absolute Gasteiger partial charge is 0.472 e. The molecule has 2 aromatic carbocycles. The number of fused-ring (bicyclic) bond motifs is 5. The van der Waals surface area contributed by atoms with Crippen molar-refractivity contribution in [3.05, 3.63) is 46.4 Å². The molecule has 3 heterocycles. The van der Waals surface area contributed by atoms with Crippen molar-refractivity contribution in [1.82, 2.24) is 25.2 Å². The number of pyridine rings is 1. The molecule has 3 N–H and O–H groups in total. The van der Waals surface area contributed by atoms with Crippen LogP contribution in [0, 0.1) is 17.3 Å². The van der Waals surface area contributed by atoms with Crippen LogP contribution >= 0.6 is 23.2 Å². The minimum Gasteiger partial charge on any atom is -0.472 e. The number of benzene rings is 2. The van der Waals surface area contributed by atoms with Crippen LogP contribution in [-0.2, 0) is 29.1 Å². The third-order valence-electron chi connectivity index (χ3n) is 11.0. The van der Waals surface area contributed by atoms with Gasteiger partial charge in [-0.25, -0.2) is 18.2 Å². The van der Waals surface area contributed by atoms with Crippen LogP contribution in [-0.4, -0.2) is 83.2 Å². The molecule has 17 heteroatoms. The minimum absolute atomic E-state index is 0.0367. The van der Waals surface area contributed by atoms with Crippen LogP contribution in [0.4, 0.5) is 4.79 Å². The number of rotatable bonds is 10. The molecule has 312 valence electrons. The van der Waals surface area contributed by atoms with Gasteiger partial charge in [0.25, 0.3) is 5.91 Å². The first-order valence-electron chi connectivity index (χ1n) is 19.4. The van der Waals surface area contributed by atoms with Gasteiger partial charge in [-0.1, -0.05) is 57.8 Å². The number of likely N-dealkylation sites (tertiary alicyclic amines) is 1. The number of carbonyl (C=O) groups excluding carboxylic acids is 4. The Morgan fingerprint density at radius 1 is 0.966 bits per heavy atom. The molecule has 14 nitrogen and oxygen atoms in total. The van der Waals surface area contributed by atoms with Gasteiger partial charge >= 0.3 is 6.09 Å². The molecule has 2 aliphatic carbocycles. The Bertz CT molecular complexity index is 2450. The Labute approximate surface area is 347 Å². The van der Waals surface area contributed by atoms with Gasteiger partial charge in [0.2, 0.25) is 27.7 Å². The second-order valence-corrected chi connectivity index (χ2v) is 21.0. The van der Waals surface area contributed by atoms with Crippen molar-refractivity contribution in [2.75, 3.05) is 6.54 Å². The summed E-state index contributed by atoms with van der Waals surface area (Å²) < 4.78 is 46.3. The number of nitrogens with one attached hydrogen (secondary N) is 3. The normalized spacial score (nSPS) is 22.9. The molecule has 0 bridgehead atoms. The maximum absolute atomic E-state index is 14.7. The summed E-state index contributed by atoms with van der Waals surface area (Å²) in [6.07, 6.45) is -0.548. The molecule has 3 aliphatic rings. The maximum atomic E-state index is 14.7. The number of amides is 4. The molecular formula is C41H49Cl2N5O9S. The third-order valence-corrected chi connectivity index (χ3v) is 13.3. The van der Waals surface area contributed by atoms with Gasteiger partial charge in [0.1, 0.15) is 40.4 Å². The zero-order valence-corrected chi connectivity index (χ0v) is 36.0. The SMILES string of the molecule is CC(C)[C@@H]1C[C@]1(NC(=O)[C@@H]1C[C@@H](Oc2nc3c4cc(Cl)ccc4oc3c3ccc(Cl)cc23)CN1C(=O)[C@@H](NC(=O)OC(C)(C)C)C(C)(C)C)C(=O)NS(=O)(=O)C1CC1. The van der Waals surface area contributed by atoms with E-state index in [1.54, 1.807) is 77.9 Å². The number of sulfonamides is 1. The third kappa shape index (κ3) is 8.26. The topological polar surface area (TPSA) is 186 Å². The summed E-state index contributed by atoms with van der Waals surface area (Å²) in [5.74, 6) is -2.31. The Balaban J connectivity index is 1.25. The van der Waals surface area contributed by atoms with Crippen LogP contribution in [0.15, 0.2) is 40.8 Å². The Hall–Kier alpha value is -4.34. The van der Waals surface area contributed by atoms with E-state index < -0.39 is 73.8 Å². The fraction of sp³-hybridized carbons (Fsp3) is 0.537. The summed E-state index contributed by atoms with van der Waals surface area (Å²) in [5.41, 5.74) is -1.68. The van der Waals surface area contributed by atoms with Crippen molar-refractivity contribution in [1.29, 1.82) is 0 Å². The first-order valence-corrected chi connectivity index (χ1v) is 21.7. The Kier molecular flexibility index (Phi) is 10.6. The lowest BCUT2D eigenvalue weighted by Crippen LogP contribution is -2.60. The van der Waals surface area contributed by atoms with E-state index in [-0.39, 0.29) is 37.1 Å². The number of carbonyl (C=O) groups is 4. The van der Waals surface area contributed by atoms with E-state index in [4.69, 9.17) is 42.1 Å². The van der Waals surface area contributed by atoms with Crippen LogP contribution in [0.25, 0.3) is 32.8 Å². The van der Waals surface area contributed by atoms with Crippen LogP contribution < -0.4 is 20.1 Å². The van der Waals surface area contributed by atoms with Crippen LogP contribution in [0.2, 0.25) is 10.0 Å². The first-order chi connectivity index (χ1) is 27.0. The summed E-state index contributed by atoms with van der Waals surface area (Å²) in [4.78, 5) is 62.4. The summed E-state index contributed by atoms with van der Waals surface area (Å²) in [6.45, 7) is 14.1. The molecule has 0 unspecified atom stereocenters. The monoisotopic (exact) mass is 857 g/mol. The fourth-order valence-corrected chi connectivity index (χ4v) is 9.51. The number of alkyl carbamates (subject to hydrolysis) is 1. The van der Waals surface area contributed by atoms with Gasteiger partial charge in [0.05, 0.1) is 11.8 Å². The predicted molar refractivity (Wildman–Crippen MR) is 220 cm³/mol. The quantitative estimate of drug-likeness (QED) is 0.152. The van der Waals surface area contributed by atoms with Gasteiger partial charge in [0, 0.05) is 32.6 Å². The maximum Gasteiger partial charge on any atom is 0.408 e. The number of furan rings is 1. The number of aromatic nitrogens is 1. The lowest BCUT2D eigenvalue weighted by atomic mass is 9.85. The summed E-state index contributed by atoms with van der Waals surface area (Å²) in [7, 11) is -3.92. The highest BCUT2D eigenvalue weighted by molar-refractivity contribution is 7.91. The van der Waals surface area contributed by atoms with E-state index in [1.165, 1.54) is 4.90 Å². The lowest BCUT2D eigenvalue weighted by Gasteiger charge is -2.36. The van der Waals surface area contributed by atoms with E-state index in [0.717, 1.165) is 0 Å². The molecule has 0 spiro atoms. The molecule has 4 aromatic rings. The van der Waals surface area contributed by atoms with Crippen LogP contribution in [0.5, 0.6) is 5.88 Å². The second kappa shape index (κ2) is 14.7. The van der Waals surface area contributed by atoms with Gasteiger partial charge in [-0.05, 0) is 93.7 Å². The molecule has 3 fully saturated rings. The molecule has 5 atom stereocenters. The van der Waals surface area contributed by atoms with E-state index in [2.05, 4.69) is 15.4 Å². The summed E-state index contributed by atoms with van der Waals surface area (Å²) >= 11 is 12.8. The number of hydrogen-bond acceptors (Lipinski definition) is 10. The molecular weight excluding hydrogens is 809 g/mol.